The molecule has 124 valence electrons. The Morgan fingerprint density at radius 2 is 1.96 bits per heavy atom. The van der Waals surface area contributed by atoms with Gasteiger partial charge in [0.05, 0.1) is 0 Å². The van der Waals surface area contributed by atoms with E-state index in [0.29, 0.717) is 35.8 Å². The Labute approximate surface area is 137 Å². The maximum Gasteiger partial charge on any atom is 0.253 e. The molecular formula is C18H25N3O2. The zero-order valence-corrected chi connectivity index (χ0v) is 13.8. The fraction of sp³-hybridized carbons (Fsp3) is 0.556. The molecule has 2 N–H and O–H groups in total. The summed E-state index contributed by atoms with van der Waals surface area (Å²) >= 11 is 0. The van der Waals surface area contributed by atoms with E-state index < -0.39 is 0 Å². The first kappa shape index (κ1) is 16.0. The number of carbonyl (C=O) groups is 2. The van der Waals surface area contributed by atoms with Crippen molar-refractivity contribution >= 4 is 17.5 Å². The van der Waals surface area contributed by atoms with Gasteiger partial charge in [-0.3, -0.25) is 9.59 Å². The molecule has 23 heavy (non-hydrogen) atoms. The number of amides is 2. The normalized spacial score (nSPS) is 25.9. The Bertz CT molecular complexity index is 590. The van der Waals surface area contributed by atoms with Crippen LogP contribution in [-0.4, -0.2) is 41.9 Å². The van der Waals surface area contributed by atoms with Crippen LogP contribution in [0.4, 0.5) is 5.69 Å². The molecule has 2 atom stereocenters. The van der Waals surface area contributed by atoms with Gasteiger partial charge in [-0.2, -0.15) is 0 Å². The van der Waals surface area contributed by atoms with Crippen molar-refractivity contribution in [2.75, 3.05) is 12.4 Å². The third-order valence-electron chi connectivity index (χ3n) is 5.03. The molecule has 2 heterocycles. The van der Waals surface area contributed by atoms with E-state index in [2.05, 4.69) is 10.6 Å². The van der Waals surface area contributed by atoms with Crippen LogP contribution in [-0.2, 0) is 4.79 Å². The number of benzene rings is 1. The molecule has 1 aromatic carbocycles. The van der Waals surface area contributed by atoms with E-state index in [0.717, 1.165) is 12.8 Å². The van der Waals surface area contributed by atoms with Crippen LogP contribution in [0.2, 0.25) is 0 Å². The maximum atomic E-state index is 12.8. The highest BCUT2D eigenvalue weighted by Gasteiger charge is 2.36. The molecule has 5 nitrogen and oxygen atoms in total. The number of hydrogen-bond donors (Lipinski definition) is 2. The molecular weight excluding hydrogens is 290 g/mol. The average molecular weight is 315 g/mol. The van der Waals surface area contributed by atoms with Crippen LogP contribution < -0.4 is 10.6 Å². The molecule has 2 amide bonds. The Morgan fingerprint density at radius 3 is 2.61 bits per heavy atom. The topological polar surface area (TPSA) is 61.4 Å². The van der Waals surface area contributed by atoms with Crippen LogP contribution in [0.1, 0.15) is 49.4 Å². The van der Waals surface area contributed by atoms with Crippen LogP contribution in [0.3, 0.4) is 0 Å². The molecule has 2 aliphatic rings. The summed E-state index contributed by atoms with van der Waals surface area (Å²) in [5, 5.41) is 6.42. The number of nitrogens with one attached hydrogen (secondary N) is 2. The fourth-order valence-electron chi connectivity index (χ4n) is 3.69. The number of hydrogen-bond acceptors (Lipinski definition) is 3. The quantitative estimate of drug-likeness (QED) is 0.897. The minimum atomic E-state index is -0.0436. The lowest BCUT2D eigenvalue weighted by atomic mass is 9.98. The molecule has 2 bridgehead atoms. The van der Waals surface area contributed by atoms with Crippen molar-refractivity contribution in [2.45, 2.75) is 57.2 Å². The van der Waals surface area contributed by atoms with Gasteiger partial charge in [0.15, 0.2) is 0 Å². The van der Waals surface area contributed by atoms with Gasteiger partial charge in [-0.15, -0.1) is 0 Å². The largest absolute Gasteiger partial charge is 0.339 e. The molecule has 5 heteroatoms. The summed E-state index contributed by atoms with van der Waals surface area (Å²) in [6, 6.07) is 8.63. The Balaban J connectivity index is 1.69. The van der Waals surface area contributed by atoms with Gasteiger partial charge < -0.3 is 15.5 Å². The molecule has 0 spiro atoms. The fourth-order valence-corrected chi connectivity index (χ4v) is 3.69. The van der Waals surface area contributed by atoms with Crippen molar-refractivity contribution in [3.63, 3.8) is 0 Å². The first-order valence-electron chi connectivity index (χ1n) is 8.50. The van der Waals surface area contributed by atoms with Crippen molar-refractivity contribution in [2.24, 2.45) is 0 Å². The minimum absolute atomic E-state index is 0.0314. The molecule has 2 fully saturated rings. The zero-order valence-electron chi connectivity index (χ0n) is 13.8. The van der Waals surface area contributed by atoms with E-state index in [4.69, 9.17) is 0 Å². The van der Waals surface area contributed by atoms with Gasteiger partial charge in [0.1, 0.15) is 0 Å². The van der Waals surface area contributed by atoms with E-state index in [1.165, 1.54) is 12.8 Å². The third kappa shape index (κ3) is 3.55. The SMILES string of the molecule is CCC(=O)Nc1cccc(C(=O)N(C)C2CC3CCC(C2)N3)c1. The zero-order chi connectivity index (χ0) is 16.4. The van der Waals surface area contributed by atoms with Crippen molar-refractivity contribution in [3.8, 4) is 0 Å². The van der Waals surface area contributed by atoms with E-state index in [1.54, 1.807) is 6.07 Å². The van der Waals surface area contributed by atoms with E-state index in [-0.39, 0.29) is 11.8 Å². The number of carbonyl (C=O) groups excluding carboxylic acids is 2. The second kappa shape index (κ2) is 6.71. The molecule has 2 unspecified atom stereocenters. The molecule has 3 rings (SSSR count). The summed E-state index contributed by atoms with van der Waals surface area (Å²) in [5.41, 5.74) is 1.31. The summed E-state index contributed by atoms with van der Waals surface area (Å²) in [6.07, 6.45) is 4.94. The third-order valence-corrected chi connectivity index (χ3v) is 5.03. The number of nitrogens with zero attached hydrogens (tertiary/aromatic N) is 1. The Hall–Kier alpha value is -1.88. The van der Waals surface area contributed by atoms with Crippen LogP contribution in [0.25, 0.3) is 0 Å². The van der Waals surface area contributed by atoms with Crippen LogP contribution >= 0.6 is 0 Å². The predicted molar refractivity (Wildman–Crippen MR) is 90.4 cm³/mol. The number of fused-ring (bicyclic) bond motifs is 2. The van der Waals surface area contributed by atoms with Gasteiger partial charge in [0.2, 0.25) is 5.91 Å². The van der Waals surface area contributed by atoms with Gasteiger partial charge in [-0.25, -0.2) is 0 Å². The predicted octanol–water partition coefficient (Wildman–Crippen LogP) is 2.39. The lowest BCUT2D eigenvalue weighted by Gasteiger charge is -2.35. The average Bonchev–Trinajstić information content (AvgIpc) is 2.91. The molecule has 0 aliphatic carbocycles. The van der Waals surface area contributed by atoms with Crippen LogP contribution in [0.5, 0.6) is 0 Å². The Kier molecular flexibility index (Phi) is 4.66. The molecule has 1 aromatic rings. The summed E-state index contributed by atoms with van der Waals surface area (Å²) in [5.74, 6) is -0.0122. The summed E-state index contributed by atoms with van der Waals surface area (Å²) in [6.45, 7) is 1.81. The Morgan fingerprint density at radius 1 is 1.26 bits per heavy atom. The molecule has 2 aliphatic heterocycles. The van der Waals surface area contributed by atoms with Gasteiger partial charge in [0.25, 0.3) is 5.91 Å². The van der Waals surface area contributed by atoms with Gasteiger partial charge in [-0.05, 0) is 43.9 Å². The smallest absolute Gasteiger partial charge is 0.253 e. The molecule has 2 saturated heterocycles. The molecule has 0 aromatic heterocycles. The van der Waals surface area contributed by atoms with Gasteiger partial charge in [0, 0.05) is 42.8 Å². The maximum absolute atomic E-state index is 12.8. The first-order valence-corrected chi connectivity index (χ1v) is 8.50. The highest BCUT2D eigenvalue weighted by molar-refractivity contribution is 5.97. The van der Waals surface area contributed by atoms with Crippen LogP contribution in [0.15, 0.2) is 24.3 Å². The van der Waals surface area contributed by atoms with Crippen molar-refractivity contribution in [1.82, 2.24) is 10.2 Å². The summed E-state index contributed by atoms with van der Waals surface area (Å²) < 4.78 is 0. The van der Waals surface area contributed by atoms with E-state index in [9.17, 15) is 9.59 Å². The van der Waals surface area contributed by atoms with Crippen molar-refractivity contribution in [1.29, 1.82) is 0 Å². The van der Waals surface area contributed by atoms with E-state index in [1.807, 2.05) is 37.1 Å². The highest BCUT2D eigenvalue weighted by atomic mass is 16.2. The minimum Gasteiger partial charge on any atom is -0.339 e. The first-order chi connectivity index (χ1) is 11.1. The number of rotatable bonds is 4. The van der Waals surface area contributed by atoms with Crippen molar-refractivity contribution in [3.05, 3.63) is 29.8 Å². The second-order valence-electron chi connectivity index (χ2n) is 6.66. The summed E-state index contributed by atoms with van der Waals surface area (Å²) in [7, 11) is 1.90. The monoisotopic (exact) mass is 315 g/mol. The van der Waals surface area contributed by atoms with Crippen LogP contribution in [0, 0.1) is 0 Å². The van der Waals surface area contributed by atoms with Gasteiger partial charge >= 0.3 is 0 Å². The number of anilines is 1. The summed E-state index contributed by atoms with van der Waals surface area (Å²) in [4.78, 5) is 26.2. The lowest BCUT2D eigenvalue weighted by molar-refractivity contribution is -0.115. The van der Waals surface area contributed by atoms with Gasteiger partial charge in [-0.1, -0.05) is 13.0 Å². The number of piperidine rings is 1. The van der Waals surface area contributed by atoms with Crippen molar-refractivity contribution < 1.29 is 9.59 Å². The highest BCUT2D eigenvalue weighted by Crippen LogP contribution is 2.30. The molecule has 0 saturated carbocycles. The van der Waals surface area contributed by atoms with E-state index >= 15 is 0 Å². The second-order valence-corrected chi connectivity index (χ2v) is 6.66. The standard InChI is InChI=1S/C18H25N3O2/c1-3-17(22)20-13-6-4-5-12(9-13)18(23)21(2)16-10-14-7-8-15(11-16)19-14/h4-6,9,14-16,19H,3,7-8,10-11H2,1-2H3,(H,20,22). The molecule has 0 radical (unpaired) electrons. The lowest BCUT2D eigenvalue weighted by Crippen LogP contribution is -2.48.